The van der Waals surface area contributed by atoms with Crippen molar-refractivity contribution in [2.24, 2.45) is 0 Å². The first-order valence-electron chi connectivity index (χ1n) is 7.66. The molecule has 2 aromatic carbocycles. The van der Waals surface area contributed by atoms with Crippen molar-refractivity contribution in [3.8, 4) is 0 Å². The van der Waals surface area contributed by atoms with Crippen LogP contribution in [0.2, 0.25) is 0 Å². The fourth-order valence-corrected chi connectivity index (χ4v) is 2.87. The number of benzene rings is 2. The summed E-state index contributed by atoms with van der Waals surface area (Å²) < 4.78 is 26.5. The van der Waals surface area contributed by atoms with Crippen molar-refractivity contribution in [2.75, 3.05) is 0 Å². The molecule has 1 atom stereocenters. The van der Waals surface area contributed by atoms with Gasteiger partial charge in [-0.3, -0.25) is 9.59 Å². The Labute approximate surface area is 142 Å². The molecule has 1 aliphatic carbocycles. The number of carbonyl (C=O) groups excluding carboxylic acids is 1. The summed E-state index contributed by atoms with van der Waals surface area (Å²) in [6.07, 6.45) is 4.43. The van der Waals surface area contributed by atoms with Crippen molar-refractivity contribution in [2.45, 2.75) is 12.3 Å². The van der Waals surface area contributed by atoms with Crippen LogP contribution in [0.5, 0.6) is 0 Å². The highest BCUT2D eigenvalue weighted by Crippen LogP contribution is 2.34. The lowest BCUT2D eigenvalue weighted by atomic mass is 9.79. The molecule has 0 aliphatic heterocycles. The van der Waals surface area contributed by atoms with E-state index in [9.17, 15) is 23.5 Å². The maximum atomic E-state index is 13.6. The summed E-state index contributed by atoms with van der Waals surface area (Å²) in [6, 6.07) is 9.83. The van der Waals surface area contributed by atoms with Crippen molar-refractivity contribution in [1.82, 2.24) is 0 Å². The van der Waals surface area contributed by atoms with Gasteiger partial charge >= 0.3 is 5.97 Å². The standard InChI is InChI=1S/C20H14F2O3/c21-14-9-8-12(18(22)11-14)4-3-5-13-10-17(20(24)25)15-6-1-2-7-16(15)19(13)23/h1-9,11,17H,10H2,(H,24,25). The monoisotopic (exact) mass is 340 g/mol. The van der Waals surface area contributed by atoms with Crippen molar-refractivity contribution < 1.29 is 23.5 Å². The highest BCUT2D eigenvalue weighted by molar-refractivity contribution is 6.12. The molecule has 1 unspecified atom stereocenters. The molecule has 0 amide bonds. The van der Waals surface area contributed by atoms with Crippen LogP contribution in [0.1, 0.15) is 33.8 Å². The Morgan fingerprint density at radius 2 is 1.92 bits per heavy atom. The number of carboxylic acids is 1. The number of hydrogen-bond acceptors (Lipinski definition) is 2. The van der Waals surface area contributed by atoms with Crippen molar-refractivity contribution in [3.63, 3.8) is 0 Å². The summed E-state index contributed by atoms with van der Waals surface area (Å²) in [4.78, 5) is 24.0. The maximum Gasteiger partial charge on any atom is 0.311 e. The Bertz CT molecular complexity index is 913. The van der Waals surface area contributed by atoms with E-state index in [1.807, 2.05) is 0 Å². The number of fused-ring (bicyclic) bond motifs is 1. The van der Waals surface area contributed by atoms with Gasteiger partial charge in [0.15, 0.2) is 5.78 Å². The Morgan fingerprint density at radius 3 is 2.64 bits per heavy atom. The average Bonchev–Trinajstić information content (AvgIpc) is 2.58. The Kier molecular flexibility index (Phi) is 4.57. The third kappa shape index (κ3) is 3.40. The number of ketones is 1. The molecule has 3 nitrogen and oxygen atoms in total. The zero-order chi connectivity index (χ0) is 18.0. The third-order valence-electron chi connectivity index (χ3n) is 4.13. The molecule has 1 N–H and O–H groups in total. The lowest BCUT2D eigenvalue weighted by Crippen LogP contribution is -2.23. The smallest absolute Gasteiger partial charge is 0.311 e. The first kappa shape index (κ1) is 16.8. The van der Waals surface area contributed by atoms with Crippen molar-refractivity contribution in [3.05, 3.63) is 88.5 Å². The molecule has 2 aromatic rings. The van der Waals surface area contributed by atoms with Crippen LogP contribution in [0.15, 0.2) is 60.2 Å². The van der Waals surface area contributed by atoms with Crippen molar-refractivity contribution >= 4 is 17.8 Å². The highest BCUT2D eigenvalue weighted by atomic mass is 19.1. The Hall–Kier alpha value is -3.08. The van der Waals surface area contributed by atoms with E-state index < -0.39 is 23.5 Å². The van der Waals surface area contributed by atoms with Gasteiger partial charge in [-0.25, -0.2) is 8.78 Å². The van der Waals surface area contributed by atoms with E-state index in [1.54, 1.807) is 24.3 Å². The SMILES string of the molecule is O=C1C(=CC=Cc2ccc(F)cc2F)CC(C(=O)O)c2ccccc21. The fraction of sp³-hybridized carbons (Fsp3) is 0.100. The van der Waals surface area contributed by atoms with Gasteiger partial charge in [0.25, 0.3) is 0 Å². The fourth-order valence-electron chi connectivity index (χ4n) is 2.87. The molecule has 0 saturated carbocycles. The molecule has 0 saturated heterocycles. The summed E-state index contributed by atoms with van der Waals surface area (Å²) in [5.74, 6) is -3.41. The van der Waals surface area contributed by atoms with Gasteiger partial charge in [0.1, 0.15) is 11.6 Å². The average molecular weight is 340 g/mol. The molecule has 0 radical (unpaired) electrons. The molecular formula is C20H14F2O3. The van der Waals surface area contributed by atoms with Gasteiger partial charge in [0.05, 0.1) is 5.92 Å². The number of rotatable bonds is 3. The van der Waals surface area contributed by atoms with E-state index in [-0.39, 0.29) is 17.8 Å². The number of allylic oxidation sites excluding steroid dienone is 3. The van der Waals surface area contributed by atoms with Crippen LogP contribution >= 0.6 is 0 Å². The van der Waals surface area contributed by atoms with Gasteiger partial charge in [-0.15, -0.1) is 0 Å². The van der Waals surface area contributed by atoms with Gasteiger partial charge in [0, 0.05) is 22.8 Å². The first-order chi connectivity index (χ1) is 12.0. The lowest BCUT2D eigenvalue weighted by molar-refractivity contribution is -0.138. The number of halogens is 2. The van der Waals surface area contributed by atoms with E-state index in [0.29, 0.717) is 16.7 Å². The van der Waals surface area contributed by atoms with Crippen LogP contribution < -0.4 is 0 Å². The minimum Gasteiger partial charge on any atom is -0.481 e. The molecule has 126 valence electrons. The lowest BCUT2D eigenvalue weighted by Gasteiger charge is -2.23. The normalized spacial score (nSPS) is 18.6. The molecule has 0 heterocycles. The van der Waals surface area contributed by atoms with Crippen LogP contribution in [-0.2, 0) is 4.79 Å². The molecule has 25 heavy (non-hydrogen) atoms. The maximum absolute atomic E-state index is 13.6. The second kappa shape index (κ2) is 6.81. The van der Waals surface area contributed by atoms with Gasteiger partial charge in [-0.2, -0.15) is 0 Å². The molecule has 1 aliphatic rings. The van der Waals surface area contributed by atoms with E-state index in [2.05, 4.69) is 0 Å². The minimum absolute atomic E-state index is 0.0709. The summed E-state index contributed by atoms with van der Waals surface area (Å²) in [6.45, 7) is 0. The van der Waals surface area contributed by atoms with Gasteiger partial charge in [0.2, 0.25) is 0 Å². The molecule has 0 aromatic heterocycles. The second-order valence-corrected chi connectivity index (χ2v) is 5.73. The zero-order valence-electron chi connectivity index (χ0n) is 13.1. The molecule has 5 heteroatoms. The van der Waals surface area contributed by atoms with Gasteiger partial charge in [-0.1, -0.05) is 42.5 Å². The largest absolute Gasteiger partial charge is 0.481 e. The number of carboxylic acid groups (broad SMARTS) is 1. The summed E-state index contributed by atoms with van der Waals surface area (Å²) >= 11 is 0. The first-order valence-corrected chi connectivity index (χ1v) is 7.66. The quantitative estimate of drug-likeness (QED) is 0.845. The van der Waals surface area contributed by atoms with Crippen molar-refractivity contribution in [1.29, 1.82) is 0 Å². The number of carbonyl (C=O) groups is 2. The van der Waals surface area contributed by atoms with E-state index in [1.165, 1.54) is 24.3 Å². The van der Waals surface area contributed by atoms with Crippen LogP contribution in [0.4, 0.5) is 8.78 Å². The minimum atomic E-state index is -1.00. The third-order valence-corrected chi connectivity index (χ3v) is 4.13. The molecular weight excluding hydrogens is 326 g/mol. The molecule has 3 rings (SSSR count). The highest BCUT2D eigenvalue weighted by Gasteiger charge is 2.32. The summed E-state index contributed by atoms with van der Waals surface area (Å²) in [5, 5.41) is 9.41. The summed E-state index contributed by atoms with van der Waals surface area (Å²) in [7, 11) is 0. The predicted octanol–water partition coefficient (Wildman–Crippen LogP) is 4.36. The number of hydrogen-bond donors (Lipinski definition) is 1. The predicted molar refractivity (Wildman–Crippen MR) is 89.2 cm³/mol. The zero-order valence-corrected chi connectivity index (χ0v) is 13.1. The number of Topliss-reactive ketones (excluding diaryl/α,β-unsaturated/α-hetero) is 1. The molecule has 0 bridgehead atoms. The van der Waals surface area contributed by atoms with Crippen LogP contribution in [0.25, 0.3) is 6.08 Å². The van der Waals surface area contributed by atoms with E-state index in [4.69, 9.17) is 0 Å². The Balaban J connectivity index is 1.92. The van der Waals surface area contributed by atoms with E-state index in [0.717, 1.165) is 12.1 Å². The number of aliphatic carboxylic acids is 1. The summed E-state index contributed by atoms with van der Waals surface area (Å²) in [5.41, 5.74) is 1.39. The second-order valence-electron chi connectivity index (χ2n) is 5.73. The van der Waals surface area contributed by atoms with Crippen LogP contribution in [0.3, 0.4) is 0 Å². The van der Waals surface area contributed by atoms with Crippen LogP contribution in [0, 0.1) is 11.6 Å². The topological polar surface area (TPSA) is 54.4 Å². The van der Waals surface area contributed by atoms with Gasteiger partial charge < -0.3 is 5.11 Å². The van der Waals surface area contributed by atoms with Crippen LogP contribution in [-0.4, -0.2) is 16.9 Å². The molecule has 0 spiro atoms. The Morgan fingerprint density at radius 1 is 1.16 bits per heavy atom. The van der Waals surface area contributed by atoms with E-state index >= 15 is 0 Å². The van der Waals surface area contributed by atoms with Gasteiger partial charge in [-0.05, 0) is 24.1 Å². The molecule has 0 fully saturated rings.